The highest BCUT2D eigenvalue weighted by Crippen LogP contribution is 2.35. The van der Waals surface area contributed by atoms with Crippen LogP contribution in [0, 0.1) is 0 Å². The predicted molar refractivity (Wildman–Crippen MR) is 143 cm³/mol. The molecule has 0 unspecified atom stereocenters. The molecule has 0 aliphatic carbocycles. The fourth-order valence-electron chi connectivity index (χ4n) is 4.76. The van der Waals surface area contributed by atoms with Crippen molar-refractivity contribution in [3.63, 3.8) is 0 Å². The van der Waals surface area contributed by atoms with Crippen LogP contribution in [0.4, 0.5) is 0 Å². The molecular formula is C30H32N2O4. The first kappa shape index (κ1) is 24.1. The molecule has 4 aromatic rings. The van der Waals surface area contributed by atoms with Crippen LogP contribution in [0.25, 0.3) is 22.1 Å². The molecule has 0 bridgehead atoms. The number of nitrogens with zero attached hydrogens (tertiary/aromatic N) is 2. The van der Waals surface area contributed by atoms with Crippen molar-refractivity contribution in [2.75, 3.05) is 46.4 Å². The number of ether oxygens (including phenoxy) is 2. The highest BCUT2D eigenvalue weighted by molar-refractivity contribution is 5.91. The van der Waals surface area contributed by atoms with E-state index in [1.807, 2.05) is 42.5 Å². The van der Waals surface area contributed by atoms with E-state index < -0.39 is 5.63 Å². The third-order valence-electron chi connectivity index (χ3n) is 6.71. The summed E-state index contributed by atoms with van der Waals surface area (Å²) in [5.74, 6) is 1.21. The van der Waals surface area contributed by atoms with Crippen LogP contribution in [-0.4, -0.2) is 56.2 Å². The molecule has 0 saturated carbocycles. The number of methoxy groups -OCH3 is 1. The lowest BCUT2D eigenvalue weighted by Gasteiger charge is -2.34. The lowest BCUT2D eigenvalue weighted by molar-refractivity contribution is 0.121. The number of piperazine rings is 1. The molecule has 6 nitrogen and oxygen atoms in total. The van der Waals surface area contributed by atoms with Gasteiger partial charge in [0.2, 0.25) is 0 Å². The minimum absolute atomic E-state index is 0.411. The van der Waals surface area contributed by atoms with E-state index in [1.54, 1.807) is 13.2 Å². The zero-order valence-electron chi connectivity index (χ0n) is 20.7. The zero-order valence-corrected chi connectivity index (χ0v) is 20.7. The lowest BCUT2D eigenvalue weighted by atomic mass is 10.0. The number of benzene rings is 3. The van der Waals surface area contributed by atoms with Gasteiger partial charge in [-0.2, -0.15) is 0 Å². The van der Waals surface area contributed by atoms with Crippen molar-refractivity contribution in [1.82, 2.24) is 9.80 Å². The Morgan fingerprint density at radius 2 is 1.56 bits per heavy atom. The second-order valence-corrected chi connectivity index (χ2v) is 9.13. The van der Waals surface area contributed by atoms with E-state index in [-0.39, 0.29) is 0 Å². The molecule has 0 N–H and O–H groups in total. The Balaban J connectivity index is 1.23. The molecule has 0 spiro atoms. The van der Waals surface area contributed by atoms with Gasteiger partial charge in [0.25, 0.3) is 0 Å². The highest BCUT2D eigenvalue weighted by atomic mass is 16.5. The predicted octanol–water partition coefficient (Wildman–Crippen LogP) is 5.06. The van der Waals surface area contributed by atoms with Crippen molar-refractivity contribution in [2.45, 2.75) is 13.0 Å². The first-order chi connectivity index (χ1) is 17.7. The van der Waals surface area contributed by atoms with Crippen molar-refractivity contribution in [3.8, 4) is 22.6 Å². The Bertz CT molecular complexity index is 1330. The largest absolute Gasteiger partial charge is 0.497 e. The van der Waals surface area contributed by atoms with Gasteiger partial charge in [-0.05, 0) is 29.7 Å². The van der Waals surface area contributed by atoms with Crippen LogP contribution in [0.1, 0.15) is 12.0 Å². The number of rotatable bonds is 9. The zero-order chi connectivity index (χ0) is 24.7. The molecule has 1 fully saturated rings. The highest BCUT2D eigenvalue weighted by Gasteiger charge is 2.20. The molecule has 186 valence electrons. The summed E-state index contributed by atoms with van der Waals surface area (Å²) >= 11 is 0. The molecule has 0 atom stereocenters. The normalized spacial score (nSPS) is 14.7. The SMILES string of the molecule is COc1ccc2c(OCCCN3CCN(Cc4ccccc4)CC3)c(-c3ccccc3)c(=O)oc2c1. The summed E-state index contributed by atoms with van der Waals surface area (Å²) in [6.07, 6.45) is 0.880. The van der Waals surface area contributed by atoms with Gasteiger partial charge in [-0.15, -0.1) is 0 Å². The average Bonchev–Trinajstić information content (AvgIpc) is 2.92. The van der Waals surface area contributed by atoms with Gasteiger partial charge in [-0.1, -0.05) is 60.7 Å². The van der Waals surface area contributed by atoms with Crippen LogP contribution >= 0.6 is 0 Å². The van der Waals surface area contributed by atoms with Gasteiger partial charge in [0, 0.05) is 45.3 Å². The monoisotopic (exact) mass is 484 g/mol. The van der Waals surface area contributed by atoms with Crippen LogP contribution in [0.3, 0.4) is 0 Å². The molecule has 5 rings (SSSR count). The van der Waals surface area contributed by atoms with Gasteiger partial charge in [0.05, 0.1) is 19.1 Å². The molecule has 1 aliphatic rings. The van der Waals surface area contributed by atoms with Gasteiger partial charge in [0.15, 0.2) is 0 Å². The van der Waals surface area contributed by atoms with E-state index in [0.717, 1.165) is 56.6 Å². The molecule has 36 heavy (non-hydrogen) atoms. The van der Waals surface area contributed by atoms with Crippen LogP contribution in [0.15, 0.2) is 88.1 Å². The first-order valence-corrected chi connectivity index (χ1v) is 12.5. The Morgan fingerprint density at radius 1 is 0.861 bits per heavy atom. The lowest BCUT2D eigenvalue weighted by Crippen LogP contribution is -2.46. The second-order valence-electron chi connectivity index (χ2n) is 9.13. The average molecular weight is 485 g/mol. The molecular weight excluding hydrogens is 452 g/mol. The van der Waals surface area contributed by atoms with Gasteiger partial charge in [0.1, 0.15) is 22.6 Å². The summed E-state index contributed by atoms with van der Waals surface area (Å²) in [7, 11) is 1.59. The van der Waals surface area contributed by atoms with E-state index in [4.69, 9.17) is 13.9 Å². The minimum Gasteiger partial charge on any atom is -0.497 e. The molecule has 1 aliphatic heterocycles. The standard InChI is InChI=1S/C30H32N2O4/c1-34-25-13-14-26-27(21-25)36-30(33)28(24-11-6-3-7-12-24)29(26)35-20-8-15-31-16-18-32(19-17-31)22-23-9-4-2-5-10-23/h2-7,9-14,21H,8,15-20,22H2,1H3. The Labute approximate surface area is 211 Å². The molecule has 1 saturated heterocycles. The maximum absolute atomic E-state index is 13.0. The van der Waals surface area contributed by atoms with Crippen molar-refractivity contribution in [1.29, 1.82) is 0 Å². The molecule has 6 heteroatoms. The second kappa shape index (κ2) is 11.4. The van der Waals surface area contributed by atoms with Gasteiger partial charge in [-0.3, -0.25) is 4.90 Å². The van der Waals surface area contributed by atoms with Crippen LogP contribution < -0.4 is 15.1 Å². The Morgan fingerprint density at radius 3 is 2.28 bits per heavy atom. The van der Waals surface area contributed by atoms with Crippen LogP contribution in [-0.2, 0) is 6.54 Å². The minimum atomic E-state index is -0.411. The molecule has 3 aromatic carbocycles. The fourth-order valence-corrected chi connectivity index (χ4v) is 4.76. The summed E-state index contributed by atoms with van der Waals surface area (Å²) in [5.41, 5.74) is 2.66. The molecule has 1 aromatic heterocycles. The summed E-state index contributed by atoms with van der Waals surface area (Å²) < 4.78 is 17.3. The van der Waals surface area contributed by atoms with Crippen molar-refractivity contribution in [2.24, 2.45) is 0 Å². The first-order valence-electron chi connectivity index (χ1n) is 12.5. The maximum atomic E-state index is 13.0. The molecule has 2 heterocycles. The number of hydrogen-bond donors (Lipinski definition) is 0. The number of fused-ring (bicyclic) bond motifs is 1. The van der Waals surface area contributed by atoms with E-state index in [0.29, 0.717) is 29.3 Å². The quantitative estimate of drug-likeness (QED) is 0.245. The van der Waals surface area contributed by atoms with Crippen molar-refractivity contribution in [3.05, 3.63) is 94.8 Å². The summed E-state index contributed by atoms with van der Waals surface area (Å²) in [6.45, 7) is 6.75. The van der Waals surface area contributed by atoms with Crippen LogP contribution in [0.5, 0.6) is 11.5 Å². The summed E-state index contributed by atoms with van der Waals surface area (Å²) in [4.78, 5) is 18.0. The molecule has 0 amide bonds. The molecule has 0 radical (unpaired) electrons. The topological polar surface area (TPSA) is 55.2 Å². The van der Waals surface area contributed by atoms with Gasteiger partial charge in [-0.25, -0.2) is 4.79 Å². The van der Waals surface area contributed by atoms with Gasteiger partial charge < -0.3 is 18.8 Å². The van der Waals surface area contributed by atoms with Crippen LogP contribution in [0.2, 0.25) is 0 Å². The third-order valence-corrected chi connectivity index (χ3v) is 6.71. The fraction of sp³-hybridized carbons (Fsp3) is 0.300. The van der Waals surface area contributed by atoms with E-state index in [2.05, 4.69) is 40.1 Å². The Hall–Kier alpha value is -3.61. The summed E-state index contributed by atoms with van der Waals surface area (Å²) in [5, 5.41) is 0.767. The van der Waals surface area contributed by atoms with Gasteiger partial charge >= 0.3 is 5.63 Å². The van der Waals surface area contributed by atoms with E-state index >= 15 is 0 Å². The summed E-state index contributed by atoms with van der Waals surface area (Å²) in [6, 6.07) is 25.7. The number of hydrogen-bond acceptors (Lipinski definition) is 6. The Kier molecular flexibility index (Phi) is 7.64. The van der Waals surface area contributed by atoms with Crippen molar-refractivity contribution < 1.29 is 13.9 Å². The van der Waals surface area contributed by atoms with Crippen molar-refractivity contribution >= 4 is 11.0 Å². The smallest absolute Gasteiger partial charge is 0.347 e. The van der Waals surface area contributed by atoms with E-state index in [1.165, 1.54) is 5.56 Å². The maximum Gasteiger partial charge on any atom is 0.347 e. The third kappa shape index (κ3) is 5.61. The van der Waals surface area contributed by atoms with E-state index in [9.17, 15) is 4.79 Å².